The molecule has 0 aromatic heterocycles. The van der Waals surface area contributed by atoms with Gasteiger partial charge in [0.05, 0.1) is 0 Å². The van der Waals surface area contributed by atoms with Crippen LogP contribution in [0.5, 0.6) is 0 Å². The highest BCUT2D eigenvalue weighted by Crippen LogP contribution is 2.34. The van der Waals surface area contributed by atoms with Gasteiger partial charge in [-0.1, -0.05) is 30.7 Å². The molecule has 2 nitrogen and oxygen atoms in total. The Hall–Kier alpha value is -1.31. The van der Waals surface area contributed by atoms with Crippen molar-refractivity contribution < 1.29 is 4.79 Å². The van der Waals surface area contributed by atoms with E-state index in [0.29, 0.717) is 12.3 Å². The second-order valence-corrected chi connectivity index (χ2v) is 5.68. The summed E-state index contributed by atoms with van der Waals surface area (Å²) < 4.78 is 0. The Bertz CT molecular complexity index is 439. The minimum absolute atomic E-state index is 0.197. The Balaban J connectivity index is 1.92. The summed E-state index contributed by atoms with van der Waals surface area (Å²) in [7, 11) is 0. The SMILES string of the molecule is CCCC(=O)NCCC1CCCc2ccc(C)cc21. The minimum atomic E-state index is 0.197. The standard InChI is InChI=1S/C17H25NO/c1-3-5-17(19)18-11-10-15-7-4-6-14-9-8-13(2)12-16(14)15/h8-9,12,15H,3-7,10-11H2,1-2H3,(H,18,19). The first-order valence-electron chi connectivity index (χ1n) is 7.57. The van der Waals surface area contributed by atoms with E-state index in [4.69, 9.17) is 0 Å². The van der Waals surface area contributed by atoms with Crippen molar-refractivity contribution in [3.63, 3.8) is 0 Å². The Morgan fingerprint density at radius 2 is 2.26 bits per heavy atom. The van der Waals surface area contributed by atoms with Gasteiger partial charge < -0.3 is 5.32 Å². The molecule has 1 aliphatic rings. The van der Waals surface area contributed by atoms with E-state index in [-0.39, 0.29) is 5.91 Å². The zero-order valence-electron chi connectivity index (χ0n) is 12.2. The summed E-state index contributed by atoms with van der Waals surface area (Å²) in [5, 5.41) is 3.04. The Kier molecular flexibility index (Phi) is 5.00. The molecular formula is C17H25NO. The molecule has 2 rings (SSSR count). The van der Waals surface area contributed by atoms with Gasteiger partial charge in [0.2, 0.25) is 5.91 Å². The van der Waals surface area contributed by atoms with E-state index in [0.717, 1.165) is 19.4 Å². The number of fused-ring (bicyclic) bond motifs is 1. The molecular weight excluding hydrogens is 234 g/mol. The van der Waals surface area contributed by atoms with Crippen molar-refractivity contribution in [3.05, 3.63) is 34.9 Å². The summed E-state index contributed by atoms with van der Waals surface area (Å²) in [6.07, 6.45) is 6.42. The lowest BCUT2D eigenvalue weighted by Gasteiger charge is -2.26. The van der Waals surface area contributed by atoms with E-state index in [1.54, 1.807) is 0 Å². The third-order valence-corrected chi connectivity index (χ3v) is 4.03. The molecule has 2 heteroatoms. The molecule has 1 aromatic rings. The van der Waals surface area contributed by atoms with E-state index in [1.165, 1.54) is 36.0 Å². The monoisotopic (exact) mass is 259 g/mol. The topological polar surface area (TPSA) is 29.1 Å². The number of rotatable bonds is 5. The first-order chi connectivity index (χ1) is 9.20. The fraction of sp³-hybridized carbons (Fsp3) is 0.588. The summed E-state index contributed by atoms with van der Waals surface area (Å²) in [5.74, 6) is 0.827. The molecule has 1 amide bonds. The lowest BCUT2D eigenvalue weighted by Crippen LogP contribution is -2.25. The van der Waals surface area contributed by atoms with Gasteiger partial charge in [0.1, 0.15) is 0 Å². The molecule has 104 valence electrons. The minimum Gasteiger partial charge on any atom is -0.356 e. The average molecular weight is 259 g/mol. The predicted molar refractivity (Wildman–Crippen MR) is 79.4 cm³/mol. The van der Waals surface area contributed by atoms with Crippen LogP contribution in [0.25, 0.3) is 0 Å². The molecule has 19 heavy (non-hydrogen) atoms. The number of aryl methyl sites for hydroxylation is 2. The molecule has 1 N–H and O–H groups in total. The molecule has 0 bridgehead atoms. The maximum absolute atomic E-state index is 11.5. The third-order valence-electron chi connectivity index (χ3n) is 4.03. The normalized spacial score (nSPS) is 17.9. The number of amides is 1. The molecule has 0 aliphatic heterocycles. The van der Waals surface area contributed by atoms with Crippen LogP contribution in [0.2, 0.25) is 0 Å². The lowest BCUT2D eigenvalue weighted by molar-refractivity contribution is -0.121. The summed E-state index contributed by atoms with van der Waals surface area (Å²) in [6.45, 7) is 5.02. The van der Waals surface area contributed by atoms with Gasteiger partial charge in [-0.3, -0.25) is 4.79 Å². The van der Waals surface area contributed by atoms with Crippen LogP contribution in [0.4, 0.5) is 0 Å². The van der Waals surface area contributed by atoms with Crippen molar-refractivity contribution in [1.82, 2.24) is 5.32 Å². The lowest BCUT2D eigenvalue weighted by atomic mass is 9.80. The van der Waals surface area contributed by atoms with Crippen LogP contribution in [0.1, 0.15) is 61.6 Å². The number of hydrogen-bond donors (Lipinski definition) is 1. The van der Waals surface area contributed by atoms with Gasteiger partial charge in [-0.25, -0.2) is 0 Å². The molecule has 0 radical (unpaired) electrons. The van der Waals surface area contributed by atoms with Gasteiger partial charge in [0.25, 0.3) is 0 Å². The highest BCUT2D eigenvalue weighted by Gasteiger charge is 2.19. The van der Waals surface area contributed by atoms with Crippen molar-refractivity contribution in [2.75, 3.05) is 6.54 Å². The molecule has 0 heterocycles. The Morgan fingerprint density at radius 1 is 1.42 bits per heavy atom. The van der Waals surface area contributed by atoms with E-state index >= 15 is 0 Å². The quantitative estimate of drug-likeness (QED) is 0.858. The van der Waals surface area contributed by atoms with Gasteiger partial charge in [-0.2, -0.15) is 0 Å². The summed E-state index contributed by atoms with van der Waals surface area (Å²) >= 11 is 0. The van der Waals surface area contributed by atoms with Gasteiger partial charge in [-0.15, -0.1) is 0 Å². The summed E-state index contributed by atoms with van der Waals surface area (Å²) in [5.41, 5.74) is 4.39. The zero-order valence-corrected chi connectivity index (χ0v) is 12.2. The van der Waals surface area contributed by atoms with Crippen molar-refractivity contribution in [1.29, 1.82) is 0 Å². The van der Waals surface area contributed by atoms with Crippen molar-refractivity contribution in [3.8, 4) is 0 Å². The Morgan fingerprint density at radius 3 is 3.05 bits per heavy atom. The summed E-state index contributed by atoms with van der Waals surface area (Å²) in [4.78, 5) is 11.5. The highest BCUT2D eigenvalue weighted by atomic mass is 16.1. The van der Waals surface area contributed by atoms with E-state index in [9.17, 15) is 4.79 Å². The van der Waals surface area contributed by atoms with E-state index in [1.807, 2.05) is 6.92 Å². The molecule has 0 spiro atoms. The zero-order chi connectivity index (χ0) is 13.7. The van der Waals surface area contributed by atoms with Crippen LogP contribution >= 0.6 is 0 Å². The maximum atomic E-state index is 11.5. The molecule has 1 aromatic carbocycles. The van der Waals surface area contributed by atoms with E-state index in [2.05, 4.69) is 30.4 Å². The number of carbonyl (C=O) groups is 1. The fourth-order valence-corrected chi connectivity index (χ4v) is 3.02. The number of hydrogen-bond acceptors (Lipinski definition) is 1. The van der Waals surface area contributed by atoms with Gasteiger partial charge in [0, 0.05) is 13.0 Å². The molecule has 1 aliphatic carbocycles. The van der Waals surface area contributed by atoms with Crippen LogP contribution in [-0.2, 0) is 11.2 Å². The third kappa shape index (κ3) is 3.82. The number of benzene rings is 1. The molecule has 0 fully saturated rings. The second kappa shape index (κ2) is 6.74. The van der Waals surface area contributed by atoms with Crippen LogP contribution in [-0.4, -0.2) is 12.5 Å². The number of nitrogens with one attached hydrogen (secondary N) is 1. The first-order valence-corrected chi connectivity index (χ1v) is 7.57. The smallest absolute Gasteiger partial charge is 0.219 e. The first kappa shape index (κ1) is 14.1. The Labute approximate surface area is 116 Å². The van der Waals surface area contributed by atoms with Crippen LogP contribution in [0.3, 0.4) is 0 Å². The molecule has 0 saturated heterocycles. The van der Waals surface area contributed by atoms with Crippen molar-refractivity contribution in [2.45, 2.75) is 58.3 Å². The van der Waals surface area contributed by atoms with Crippen LogP contribution in [0.15, 0.2) is 18.2 Å². The van der Waals surface area contributed by atoms with Crippen LogP contribution < -0.4 is 5.32 Å². The largest absolute Gasteiger partial charge is 0.356 e. The maximum Gasteiger partial charge on any atom is 0.219 e. The second-order valence-electron chi connectivity index (χ2n) is 5.68. The van der Waals surface area contributed by atoms with Gasteiger partial charge in [0.15, 0.2) is 0 Å². The van der Waals surface area contributed by atoms with Crippen molar-refractivity contribution in [2.24, 2.45) is 0 Å². The summed E-state index contributed by atoms with van der Waals surface area (Å²) in [6, 6.07) is 6.84. The van der Waals surface area contributed by atoms with Crippen molar-refractivity contribution >= 4 is 5.91 Å². The fourth-order valence-electron chi connectivity index (χ4n) is 3.02. The van der Waals surface area contributed by atoms with Crippen LogP contribution in [0, 0.1) is 6.92 Å². The van der Waals surface area contributed by atoms with E-state index < -0.39 is 0 Å². The molecule has 1 unspecified atom stereocenters. The molecule has 0 saturated carbocycles. The van der Waals surface area contributed by atoms with Gasteiger partial charge >= 0.3 is 0 Å². The number of carbonyl (C=O) groups excluding carboxylic acids is 1. The predicted octanol–water partition coefficient (Wildman–Crippen LogP) is 3.72. The average Bonchev–Trinajstić information content (AvgIpc) is 2.39. The van der Waals surface area contributed by atoms with Gasteiger partial charge in [-0.05, 0) is 56.1 Å². The highest BCUT2D eigenvalue weighted by molar-refractivity contribution is 5.75. The molecule has 1 atom stereocenters.